The minimum atomic E-state index is -0.560. The molecule has 0 bridgehead atoms. The van der Waals surface area contributed by atoms with E-state index in [1.54, 1.807) is 31.2 Å². The molecule has 0 spiro atoms. The molecule has 1 fully saturated rings. The molecule has 1 aliphatic heterocycles. The van der Waals surface area contributed by atoms with Crippen molar-refractivity contribution in [3.63, 3.8) is 0 Å². The van der Waals surface area contributed by atoms with Gasteiger partial charge in [-0.05, 0) is 63.9 Å². The van der Waals surface area contributed by atoms with E-state index in [-0.39, 0.29) is 18.5 Å². The predicted octanol–water partition coefficient (Wildman–Crippen LogP) is 3.68. The highest BCUT2D eigenvalue weighted by Gasteiger charge is 2.22. The molecule has 0 radical (unpaired) electrons. The molecule has 1 atom stereocenters. The quantitative estimate of drug-likeness (QED) is 0.422. The van der Waals surface area contributed by atoms with Crippen molar-refractivity contribution < 1.29 is 23.6 Å². The summed E-state index contributed by atoms with van der Waals surface area (Å²) in [6.07, 6.45) is 2.29. The third-order valence-corrected chi connectivity index (χ3v) is 5.51. The number of Topliss-reactive ketones (excluding diaryl/α,β-unsaturated/α-hetero) is 1. The molecule has 0 saturated carbocycles. The topological polar surface area (TPSA) is 96.5 Å². The summed E-state index contributed by atoms with van der Waals surface area (Å²) >= 11 is 0. The predicted molar refractivity (Wildman–Crippen MR) is 112 cm³/mol. The fourth-order valence-corrected chi connectivity index (χ4v) is 3.81. The molecule has 4 rings (SSSR count). The molecule has 31 heavy (non-hydrogen) atoms. The normalized spacial score (nSPS) is 15.9. The lowest BCUT2D eigenvalue weighted by Gasteiger charge is -2.14. The second-order valence-electron chi connectivity index (χ2n) is 7.75. The van der Waals surface area contributed by atoms with Crippen molar-refractivity contribution in [3.05, 3.63) is 58.7 Å². The largest absolute Gasteiger partial charge is 0.454 e. The molecule has 3 heterocycles. The maximum absolute atomic E-state index is 12.7. The zero-order chi connectivity index (χ0) is 22.0. The van der Waals surface area contributed by atoms with E-state index >= 15 is 0 Å². The van der Waals surface area contributed by atoms with E-state index in [0.717, 1.165) is 37.4 Å². The van der Waals surface area contributed by atoms with Crippen molar-refractivity contribution in [2.45, 2.75) is 46.3 Å². The maximum Gasteiger partial charge on any atom is 0.338 e. The van der Waals surface area contributed by atoms with E-state index < -0.39 is 5.97 Å². The zero-order valence-corrected chi connectivity index (χ0v) is 17.9. The van der Waals surface area contributed by atoms with Gasteiger partial charge in [0, 0.05) is 35.7 Å². The standard InChI is InChI=1S/C23H25N3O5/c1-14-11-20(15(2)26(14)12-19-5-4-10-29-19)21(27)13-30-23(28)18-8-6-17(7-9-18)22-24-16(3)25-31-22/h6-9,11,19H,4-5,10,12-13H2,1-3H3/t19-/m0/s1. The van der Waals surface area contributed by atoms with Gasteiger partial charge < -0.3 is 18.6 Å². The van der Waals surface area contributed by atoms with Crippen LogP contribution in [0.5, 0.6) is 0 Å². The van der Waals surface area contributed by atoms with E-state index in [1.807, 2.05) is 19.9 Å². The van der Waals surface area contributed by atoms with Gasteiger partial charge in [-0.2, -0.15) is 4.98 Å². The van der Waals surface area contributed by atoms with Gasteiger partial charge in [-0.3, -0.25) is 4.79 Å². The van der Waals surface area contributed by atoms with Crippen LogP contribution in [0.15, 0.2) is 34.9 Å². The zero-order valence-electron chi connectivity index (χ0n) is 17.9. The molecule has 0 amide bonds. The fourth-order valence-electron chi connectivity index (χ4n) is 3.81. The first kappa shape index (κ1) is 21.0. The Morgan fingerprint density at radius 1 is 1.19 bits per heavy atom. The molecule has 1 saturated heterocycles. The van der Waals surface area contributed by atoms with Gasteiger partial charge in [-0.1, -0.05) is 5.16 Å². The van der Waals surface area contributed by atoms with Gasteiger partial charge in [0.2, 0.25) is 5.78 Å². The van der Waals surface area contributed by atoms with E-state index in [9.17, 15) is 9.59 Å². The van der Waals surface area contributed by atoms with Crippen LogP contribution in [-0.2, 0) is 16.0 Å². The Kier molecular flexibility index (Phi) is 5.99. The van der Waals surface area contributed by atoms with Crippen LogP contribution in [0.1, 0.15) is 50.8 Å². The van der Waals surface area contributed by atoms with Crippen molar-refractivity contribution in [3.8, 4) is 11.5 Å². The maximum atomic E-state index is 12.7. The van der Waals surface area contributed by atoms with E-state index in [4.69, 9.17) is 14.0 Å². The number of carbonyl (C=O) groups is 2. The van der Waals surface area contributed by atoms with Crippen molar-refractivity contribution in [2.75, 3.05) is 13.2 Å². The third-order valence-electron chi connectivity index (χ3n) is 5.51. The first-order valence-corrected chi connectivity index (χ1v) is 10.3. The molecular weight excluding hydrogens is 398 g/mol. The lowest BCUT2D eigenvalue weighted by Crippen LogP contribution is -2.18. The minimum Gasteiger partial charge on any atom is -0.454 e. The molecule has 0 N–H and O–H groups in total. The number of rotatable bonds is 7. The van der Waals surface area contributed by atoms with Crippen LogP contribution in [0.3, 0.4) is 0 Å². The van der Waals surface area contributed by atoms with E-state index in [2.05, 4.69) is 14.7 Å². The number of nitrogens with zero attached hydrogens (tertiary/aromatic N) is 3. The highest BCUT2D eigenvalue weighted by Crippen LogP contribution is 2.21. The van der Waals surface area contributed by atoms with Gasteiger partial charge in [0.05, 0.1) is 11.7 Å². The summed E-state index contributed by atoms with van der Waals surface area (Å²) < 4.78 is 18.2. The number of aromatic nitrogens is 3. The lowest BCUT2D eigenvalue weighted by atomic mass is 10.1. The van der Waals surface area contributed by atoms with E-state index in [1.165, 1.54) is 0 Å². The number of hydrogen-bond acceptors (Lipinski definition) is 7. The molecular formula is C23H25N3O5. The Morgan fingerprint density at radius 3 is 2.61 bits per heavy atom. The van der Waals surface area contributed by atoms with Crippen molar-refractivity contribution >= 4 is 11.8 Å². The van der Waals surface area contributed by atoms with Gasteiger partial charge in [-0.25, -0.2) is 4.79 Å². The first-order chi connectivity index (χ1) is 14.9. The van der Waals surface area contributed by atoms with Crippen LogP contribution >= 0.6 is 0 Å². The smallest absolute Gasteiger partial charge is 0.338 e. The lowest BCUT2D eigenvalue weighted by molar-refractivity contribution is 0.0474. The molecule has 0 unspecified atom stereocenters. The molecule has 1 aromatic carbocycles. The summed E-state index contributed by atoms with van der Waals surface area (Å²) in [6, 6.07) is 8.46. The number of ketones is 1. The van der Waals surface area contributed by atoms with Crippen LogP contribution in [0.25, 0.3) is 11.5 Å². The number of hydrogen-bond donors (Lipinski definition) is 0. The summed E-state index contributed by atoms with van der Waals surface area (Å²) in [5.74, 6) is 0.130. The Balaban J connectivity index is 1.37. The number of aryl methyl sites for hydroxylation is 2. The highest BCUT2D eigenvalue weighted by atomic mass is 16.5. The van der Waals surface area contributed by atoms with Gasteiger partial charge in [0.25, 0.3) is 5.89 Å². The number of carbonyl (C=O) groups excluding carboxylic acids is 2. The van der Waals surface area contributed by atoms with Gasteiger partial charge in [0.1, 0.15) is 0 Å². The Bertz CT molecular complexity index is 1090. The second kappa shape index (κ2) is 8.85. The number of esters is 1. The Morgan fingerprint density at radius 2 is 1.97 bits per heavy atom. The SMILES string of the molecule is Cc1noc(-c2ccc(C(=O)OCC(=O)c3cc(C)n(C[C@@H]4CCCO4)c3C)cc2)n1. The minimum absolute atomic E-state index is 0.185. The molecule has 2 aromatic heterocycles. The molecule has 8 heteroatoms. The summed E-state index contributed by atoms with van der Waals surface area (Å²) in [5.41, 5.74) is 3.48. The van der Waals surface area contributed by atoms with Crippen molar-refractivity contribution in [2.24, 2.45) is 0 Å². The fraction of sp³-hybridized carbons (Fsp3) is 0.391. The Labute approximate surface area is 180 Å². The van der Waals surface area contributed by atoms with E-state index in [0.29, 0.717) is 28.4 Å². The first-order valence-electron chi connectivity index (χ1n) is 10.3. The van der Waals surface area contributed by atoms with Crippen molar-refractivity contribution in [1.29, 1.82) is 0 Å². The number of benzene rings is 1. The molecule has 162 valence electrons. The van der Waals surface area contributed by atoms with Gasteiger partial charge in [0.15, 0.2) is 12.4 Å². The average molecular weight is 423 g/mol. The summed E-state index contributed by atoms with van der Waals surface area (Å²) in [5, 5.41) is 3.75. The average Bonchev–Trinajstić information content (AvgIpc) is 3.50. The number of ether oxygens (including phenoxy) is 2. The summed E-state index contributed by atoms with van der Waals surface area (Å²) in [4.78, 5) is 29.2. The van der Waals surface area contributed by atoms with Crippen molar-refractivity contribution in [1.82, 2.24) is 14.7 Å². The molecule has 0 aliphatic carbocycles. The third kappa shape index (κ3) is 4.59. The molecule has 1 aliphatic rings. The van der Waals surface area contributed by atoms with Crippen LogP contribution in [0.4, 0.5) is 0 Å². The molecule has 3 aromatic rings. The second-order valence-corrected chi connectivity index (χ2v) is 7.75. The van der Waals surface area contributed by atoms with Crippen LogP contribution in [0.2, 0.25) is 0 Å². The van der Waals surface area contributed by atoms with Gasteiger partial charge in [-0.15, -0.1) is 0 Å². The summed E-state index contributed by atoms with van der Waals surface area (Å²) in [7, 11) is 0. The van der Waals surface area contributed by atoms with Crippen LogP contribution < -0.4 is 0 Å². The monoisotopic (exact) mass is 423 g/mol. The van der Waals surface area contributed by atoms with Crippen LogP contribution in [-0.4, -0.2) is 45.8 Å². The molecule has 8 nitrogen and oxygen atoms in total. The highest BCUT2D eigenvalue weighted by molar-refractivity contribution is 6.00. The summed E-state index contributed by atoms with van der Waals surface area (Å²) in [6.45, 7) is 6.83. The van der Waals surface area contributed by atoms with Gasteiger partial charge >= 0.3 is 5.97 Å². The Hall–Kier alpha value is -3.26. The van der Waals surface area contributed by atoms with Crippen LogP contribution in [0, 0.1) is 20.8 Å².